The number of hydrogen-bond acceptors (Lipinski definition) is 3. The molecule has 0 aromatic heterocycles. The Morgan fingerprint density at radius 2 is 1.95 bits per heavy atom. The second-order valence-electron chi connectivity index (χ2n) is 4.64. The number of methoxy groups -OCH3 is 1. The maximum Gasteiger partial charge on any atom is 0.246 e. The van der Waals surface area contributed by atoms with Gasteiger partial charge in [0, 0.05) is 13.1 Å². The van der Waals surface area contributed by atoms with E-state index in [9.17, 15) is 9.90 Å². The zero-order chi connectivity index (χ0) is 14.4. The highest BCUT2D eigenvalue weighted by molar-refractivity contribution is 5.88. The van der Waals surface area contributed by atoms with E-state index < -0.39 is 0 Å². The largest absolute Gasteiger partial charge is 0.497 e. The van der Waals surface area contributed by atoms with Crippen LogP contribution >= 0.6 is 0 Å². The minimum Gasteiger partial charge on any atom is -0.497 e. The summed E-state index contributed by atoms with van der Waals surface area (Å²) >= 11 is 0. The molecule has 0 saturated heterocycles. The van der Waals surface area contributed by atoms with Crippen LogP contribution in [-0.4, -0.2) is 36.7 Å². The Bertz CT molecular complexity index is 447. The average molecular weight is 263 g/mol. The van der Waals surface area contributed by atoms with E-state index in [0.29, 0.717) is 0 Å². The molecule has 1 unspecified atom stereocenters. The van der Waals surface area contributed by atoms with E-state index in [0.717, 1.165) is 16.9 Å². The van der Waals surface area contributed by atoms with Gasteiger partial charge in [-0.3, -0.25) is 4.79 Å². The number of amides is 1. The lowest BCUT2D eigenvalue weighted by Gasteiger charge is -2.26. The van der Waals surface area contributed by atoms with Gasteiger partial charge >= 0.3 is 0 Å². The Hall–Kier alpha value is -1.81. The van der Waals surface area contributed by atoms with Crippen molar-refractivity contribution in [1.82, 2.24) is 4.90 Å². The van der Waals surface area contributed by atoms with E-state index in [1.54, 1.807) is 20.2 Å². The van der Waals surface area contributed by atoms with Gasteiger partial charge in [0.1, 0.15) is 5.75 Å². The van der Waals surface area contributed by atoms with Crippen LogP contribution in [0.25, 0.3) is 0 Å². The molecule has 1 aromatic carbocycles. The molecule has 0 radical (unpaired) electrons. The van der Waals surface area contributed by atoms with Crippen molar-refractivity contribution in [3.63, 3.8) is 0 Å². The van der Waals surface area contributed by atoms with Crippen LogP contribution in [0.5, 0.6) is 5.75 Å². The molecule has 4 heteroatoms. The van der Waals surface area contributed by atoms with Gasteiger partial charge in [0.2, 0.25) is 5.91 Å². The standard InChI is InChI=1S/C15H21NO3/c1-11(2)9-15(18)16(3)14(10-17)12-5-7-13(19-4)8-6-12/h5-9,14,17H,10H2,1-4H3. The molecule has 0 bridgehead atoms. The number of carbonyl (C=O) groups is 1. The monoisotopic (exact) mass is 263 g/mol. The van der Waals surface area contributed by atoms with Crippen molar-refractivity contribution in [3.05, 3.63) is 41.5 Å². The van der Waals surface area contributed by atoms with Crippen LogP contribution in [0.3, 0.4) is 0 Å². The van der Waals surface area contributed by atoms with Crippen molar-refractivity contribution in [2.75, 3.05) is 20.8 Å². The van der Waals surface area contributed by atoms with Gasteiger partial charge in [0.25, 0.3) is 0 Å². The molecule has 1 aromatic rings. The Morgan fingerprint density at radius 1 is 1.37 bits per heavy atom. The fourth-order valence-corrected chi connectivity index (χ4v) is 1.78. The summed E-state index contributed by atoms with van der Waals surface area (Å²) in [4.78, 5) is 13.5. The summed E-state index contributed by atoms with van der Waals surface area (Å²) < 4.78 is 5.09. The number of benzene rings is 1. The van der Waals surface area contributed by atoms with Crippen LogP contribution in [0.1, 0.15) is 25.5 Å². The van der Waals surface area contributed by atoms with Gasteiger partial charge in [0.05, 0.1) is 19.8 Å². The molecule has 0 aliphatic carbocycles. The second kappa shape index (κ2) is 6.95. The first-order valence-corrected chi connectivity index (χ1v) is 6.16. The molecule has 0 aliphatic heterocycles. The number of hydrogen-bond donors (Lipinski definition) is 1. The third-order valence-electron chi connectivity index (χ3n) is 2.90. The fraction of sp³-hybridized carbons (Fsp3) is 0.400. The Balaban J connectivity index is 2.92. The highest BCUT2D eigenvalue weighted by atomic mass is 16.5. The average Bonchev–Trinajstić information content (AvgIpc) is 2.39. The molecule has 1 N–H and O–H groups in total. The van der Waals surface area contributed by atoms with E-state index in [4.69, 9.17) is 4.74 Å². The minimum atomic E-state index is -0.353. The van der Waals surface area contributed by atoms with Crippen molar-refractivity contribution in [3.8, 4) is 5.75 Å². The van der Waals surface area contributed by atoms with Crippen molar-refractivity contribution < 1.29 is 14.6 Å². The zero-order valence-corrected chi connectivity index (χ0v) is 11.9. The lowest BCUT2D eigenvalue weighted by Crippen LogP contribution is -2.32. The van der Waals surface area contributed by atoms with Crippen molar-refractivity contribution in [1.29, 1.82) is 0 Å². The second-order valence-corrected chi connectivity index (χ2v) is 4.64. The van der Waals surface area contributed by atoms with Crippen LogP contribution in [0.15, 0.2) is 35.9 Å². The third kappa shape index (κ3) is 4.10. The van der Waals surface area contributed by atoms with Gasteiger partial charge in [-0.2, -0.15) is 0 Å². The Morgan fingerprint density at radius 3 is 2.37 bits per heavy atom. The van der Waals surface area contributed by atoms with E-state index in [-0.39, 0.29) is 18.6 Å². The third-order valence-corrected chi connectivity index (χ3v) is 2.90. The summed E-state index contributed by atoms with van der Waals surface area (Å²) in [5.74, 6) is 0.633. The molecule has 19 heavy (non-hydrogen) atoms. The van der Waals surface area contributed by atoms with Crippen LogP contribution in [-0.2, 0) is 4.79 Å². The van der Waals surface area contributed by atoms with E-state index in [2.05, 4.69) is 0 Å². The maximum atomic E-state index is 12.0. The summed E-state index contributed by atoms with van der Waals surface area (Å²) in [7, 11) is 3.29. The minimum absolute atomic E-state index is 0.116. The van der Waals surface area contributed by atoms with E-state index in [1.807, 2.05) is 38.1 Å². The molecule has 4 nitrogen and oxygen atoms in total. The first kappa shape index (κ1) is 15.2. The zero-order valence-electron chi connectivity index (χ0n) is 11.9. The molecule has 0 spiro atoms. The van der Waals surface area contributed by atoms with E-state index >= 15 is 0 Å². The molecule has 1 amide bonds. The number of allylic oxidation sites excluding steroid dienone is 1. The number of nitrogens with zero attached hydrogens (tertiary/aromatic N) is 1. The maximum absolute atomic E-state index is 12.0. The normalized spacial score (nSPS) is 11.6. The van der Waals surface area contributed by atoms with Crippen molar-refractivity contribution in [2.24, 2.45) is 0 Å². The number of aliphatic hydroxyl groups is 1. The van der Waals surface area contributed by atoms with Crippen LogP contribution < -0.4 is 4.74 Å². The smallest absolute Gasteiger partial charge is 0.246 e. The molecule has 104 valence electrons. The van der Waals surface area contributed by atoms with E-state index in [1.165, 1.54) is 4.90 Å². The van der Waals surface area contributed by atoms with Gasteiger partial charge < -0.3 is 14.7 Å². The summed E-state index contributed by atoms with van der Waals surface area (Å²) in [6, 6.07) is 6.99. The van der Waals surface area contributed by atoms with Crippen molar-refractivity contribution >= 4 is 5.91 Å². The molecule has 0 heterocycles. The molecule has 1 rings (SSSR count). The first-order chi connectivity index (χ1) is 8.99. The molecule has 1 atom stereocenters. The predicted octanol–water partition coefficient (Wildman–Crippen LogP) is 2.15. The van der Waals surface area contributed by atoms with Crippen LogP contribution in [0.2, 0.25) is 0 Å². The highest BCUT2D eigenvalue weighted by Gasteiger charge is 2.19. The number of rotatable bonds is 5. The summed E-state index contributed by atoms with van der Waals surface area (Å²) in [5, 5.41) is 9.51. The summed E-state index contributed by atoms with van der Waals surface area (Å²) in [6.07, 6.45) is 1.56. The highest BCUT2D eigenvalue weighted by Crippen LogP contribution is 2.22. The van der Waals surface area contributed by atoms with Crippen LogP contribution in [0.4, 0.5) is 0 Å². The number of likely N-dealkylation sites (N-methyl/N-ethyl adjacent to an activating group) is 1. The molecule has 0 saturated carbocycles. The van der Waals surface area contributed by atoms with Gasteiger partial charge in [-0.1, -0.05) is 17.7 Å². The van der Waals surface area contributed by atoms with Gasteiger partial charge in [-0.15, -0.1) is 0 Å². The Kier molecular flexibility index (Phi) is 5.57. The van der Waals surface area contributed by atoms with Crippen molar-refractivity contribution in [2.45, 2.75) is 19.9 Å². The predicted molar refractivity (Wildman–Crippen MR) is 75.0 cm³/mol. The number of ether oxygens (including phenoxy) is 1. The first-order valence-electron chi connectivity index (χ1n) is 6.16. The molecule has 0 fully saturated rings. The van der Waals surface area contributed by atoms with Crippen LogP contribution in [0, 0.1) is 0 Å². The number of carbonyl (C=O) groups excluding carboxylic acids is 1. The van der Waals surface area contributed by atoms with Gasteiger partial charge in [-0.05, 0) is 31.5 Å². The lowest BCUT2D eigenvalue weighted by atomic mass is 10.1. The quantitative estimate of drug-likeness (QED) is 0.828. The van der Waals surface area contributed by atoms with Gasteiger partial charge in [-0.25, -0.2) is 0 Å². The molecule has 0 aliphatic rings. The SMILES string of the molecule is COc1ccc(C(CO)N(C)C(=O)C=C(C)C)cc1. The summed E-state index contributed by atoms with van der Waals surface area (Å²) in [6.45, 7) is 3.62. The molecular formula is C15H21NO3. The fourth-order valence-electron chi connectivity index (χ4n) is 1.78. The Labute approximate surface area is 114 Å². The topological polar surface area (TPSA) is 49.8 Å². The van der Waals surface area contributed by atoms with Gasteiger partial charge in [0.15, 0.2) is 0 Å². The molecular weight excluding hydrogens is 242 g/mol. The lowest BCUT2D eigenvalue weighted by molar-refractivity contribution is -0.127. The summed E-state index contributed by atoms with van der Waals surface area (Å²) in [5.41, 5.74) is 1.81. The number of aliphatic hydroxyl groups excluding tert-OH is 1.